The molecule has 0 aliphatic carbocycles. The first-order valence-corrected chi connectivity index (χ1v) is 8.45. The van der Waals surface area contributed by atoms with E-state index in [0.29, 0.717) is 6.54 Å². The van der Waals surface area contributed by atoms with E-state index < -0.39 is 6.04 Å². The van der Waals surface area contributed by atoms with Crippen molar-refractivity contribution < 1.29 is 4.79 Å². The van der Waals surface area contributed by atoms with E-state index >= 15 is 0 Å². The molecule has 128 valence electrons. The third-order valence-corrected chi connectivity index (χ3v) is 4.97. The van der Waals surface area contributed by atoms with Crippen molar-refractivity contribution in [3.63, 3.8) is 0 Å². The van der Waals surface area contributed by atoms with E-state index in [1.807, 2.05) is 42.5 Å². The second-order valence-electron chi connectivity index (χ2n) is 5.99. The SMILES string of the molecule is Cl.NC(=O)C(c1ccc(Br)cc1)N1C[C@@H](N)[C@H](c2ccccc2)C1. The van der Waals surface area contributed by atoms with Gasteiger partial charge in [0.05, 0.1) is 0 Å². The van der Waals surface area contributed by atoms with Gasteiger partial charge in [0.2, 0.25) is 5.91 Å². The number of hydrogen-bond donors (Lipinski definition) is 2. The summed E-state index contributed by atoms with van der Waals surface area (Å²) in [6, 6.07) is 17.5. The van der Waals surface area contributed by atoms with E-state index in [-0.39, 0.29) is 30.3 Å². The Morgan fingerprint density at radius 3 is 2.29 bits per heavy atom. The molecule has 3 atom stereocenters. The second kappa shape index (κ2) is 8.12. The second-order valence-corrected chi connectivity index (χ2v) is 6.91. The van der Waals surface area contributed by atoms with Gasteiger partial charge in [-0.05, 0) is 23.3 Å². The Labute approximate surface area is 156 Å². The Morgan fingerprint density at radius 2 is 1.71 bits per heavy atom. The summed E-state index contributed by atoms with van der Waals surface area (Å²) < 4.78 is 0.977. The van der Waals surface area contributed by atoms with Gasteiger partial charge in [-0.25, -0.2) is 0 Å². The van der Waals surface area contributed by atoms with Crippen LogP contribution in [-0.2, 0) is 4.79 Å². The van der Waals surface area contributed by atoms with E-state index in [1.165, 1.54) is 5.56 Å². The maximum atomic E-state index is 12.0. The van der Waals surface area contributed by atoms with Gasteiger partial charge in [-0.3, -0.25) is 9.69 Å². The van der Waals surface area contributed by atoms with Crippen molar-refractivity contribution in [1.29, 1.82) is 0 Å². The summed E-state index contributed by atoms with van der Waals surface area (Å²) in [6.45, 7) is 1.39. The molecule has 0 saturated carbocycles. The number of nitrogens with two attached hydrogens (primary N) is 2. The summed E-state index contributed by atoms with van der Waals surface area (Å²) in [5.41, 5.74) is 14.1. The molecule has 1 aliphatic rings. The van der Waals surface area contributed by atoms with Crippen LogP contribution < -0.4 is 11.5 Å². The molecule has 4 nitrogen and oxygen atoms in total. The zero-order valence-corrected chi connectivity index (χ0v) is 15.5. The largest absolute Gasteiger partial charge is 0.368 e. The van der Waals surface area contributed by atoms with Crippen LogP contribution in [-0.4, -0.2) is 29.9 Å². The van der Waals surface area contributed by atoms with Gasteiger partial charge in [0, 0.05) is 29.5 Å². The normalized spacial score (nSPS) is 21.9. The maximum absolute atomic E-state index is 12.0. The van der Waals surface area contributed by atoms with Crippen molar-refractivity contribution in [2.45, 2.75) is 18.0 Å². The van der Waals surface area contributed by atoms with Gasteiger partial charge in [-0.2, -0.15) is 0 Å². The van der Waals surface area contributed by atoms with Crippen molar-refractivity contribution in [1.82, 2.24) is 4.90 Å². The van der Waals surface area contributed by atoms with E-state index in [4.69, 9.17) is 11.5 Å². The number of primary amides is 1. The van der Waals surface area contributed by atoms with Crippen LogP contribution in [0.3, 0.4) is 0 Å². The van der Waals surface area contributed by atoms with Crippen LogP contribution in [0, 0.1) is 0 Å². The number of nitrogens with zero attached hydrogens (tertiary/aromatic N) is 1. The lowest BCUT2D eigenvalue weighted by molar-refractivity contribution is -0.123. The van der Waals surface area contributed by atoms with Gasteiger partial charge in [0.25, 0.3) is 0 Å². The number of carbonyl (C=O) groups is 1. The molecular weight excluding hydrogens is 390 g/mol. The smallest absolute Gasteiger partial charge is 0.239 e. The number of halogens is 2. The lowest BCUT2D eigenvalue weighted by atomic mass is 9.95. The Morgan fingerprint density at radius 1 is 1.08 bits per heavy atom. The molecule has 1 fully saturated rings. The lowest BCUT2D eigenvalue weighted by Crippen LogP contribution is -2.37. The van der Waals surface area contributed by atoms with Crippen LogP contribution in [0.4, 0.5) is 0 Å². The number of benzene rings is 2. The Bertz CT molecular complexity index is 680. The number of carbonyl (C=O) groups excluding carboxylic acids is 1. The maximum Gasteiger partial charge on any atom is 0.239 e. The molecule has 1 amide bonds. The van der Waals surface area contributed by atoms with Gasteiger partial charge in [0.1, 0.15) is 6.04 Å². The highest BCUT2D eigenvalue weighted by Crippen LogP contribution is 2.32. The molecule has 1 saturated heterocycles. The summed E-state index contributed by atoms with van der Waals surface area (Å²) in [5.74, 6) is -0.123. The molecule has 1 aliphatic heterocycles. The van der Waals surface area contributed by atoms with Gasteiger partial charge in [0.15, 0.2) is 0 Å². The lowest BCUT2D eigenvalue weighted by Gasteiger charge is -2.25. The van der Waals surface area contributed by atoms with Gasteiger partial charge >= 0.3 is 0 Å². The fourth-order valence-electron chi connectivity index (χ4n) is 3.32. The predicted octanol–water partition coefficient (Wildman–Crippen LogP) is 2.82. The average molecular weight is 411 g/mol. The zero-order chi connectivity index (χ0) is 16.4. The van der Waals surface area contributed by atoms with Crippen LogP contribution in [0.25, 0.3) is 0 Å². The highest BCUT2D eigenvalue weighted by atomic mass is 79.9. The number of hydrogen-bond acceptors (Lipinski definition) is 3. The third-order valence-electron chi connectivity index (χ3n) is 4.44. The minimum absolute atomic E-state index is 0. The van der Waals surface area contributed by atoms with Crippen molar-refractivity contribution in [3.05, 3.63) is 70.2 Å². The van der Waals surface area contributed by atoms with Crippen molar-refractivity contribution >= 4 is 34.2 Å². The third kappa shape index (κ3) is 3.98. The Hall–Kier alpha value is -1.40. The molecule has 0 radical (unpaired) electrons. The topological polar surface area (TPSA) is 72.4 Å². The number of likely N-dealkylation sites (tertiary alicyclic amines) is 1. The molecule has 0 bridgehead atoms. The van der Waals surface area contributed by atoms with Crippen molar-refractivity contribution in [2.75, 3.05) is 13.1 Å². The van der Waals surface area contributed by atoms with Crippen LogP contribution >= 0.6 is 28.3 Å². The fraction of sp³-hybridized carbons (Fsp3) is 0.278. The molecule has 6 heteroatoms. The van der Waals surface area contributed by atoms with E-state index in [9.17, 15) is 4.79 Å². The van der Waals surface area contributed by atoms with Crippen molar-refractivity contribution in [2.24, 2.45) is 11.5 Å². The minimum atomic E-state index is -0.442. The first-order valence-electron chi connectivity index (χ1n) is 7.65. The molecule has 24 heavy (non-hydrogen) atoms. The quantitative estimate of drug-likeness (QED) is 0.814. The molecule has 4 N–H and O–H groups in total. The molecule has 2 aromatic carbocycles. The molecule has 3 rings (SSSR count). The fourth-order valence-corrected chi connectivity index (χ4v) is 3.59. The molecular formula is C18H21BrClN3O. The summed E-state index contributed by atoms with van der Waals surface area (Å²) in [7, 11) is 0. The van der Waals surface area contributed by atoms with Gasteiger partial charge in [-0.1, -0.05) is 58.4 Å². The monoisotopic (exact) mass is 409 g/mol. The minimum Gasteiger partial charge on any atom is -0.368 e. The van der Waals surface area contributed by atoms with Crippen LogP contribution in [0.15, 0.2) is 59.1 Å². The molecule has 0 aromatic heterocycles. The highest BCUT2D eigenvalue weighted by molar-refractivity contribution is 9.10. The van der Waals surface area contributed by atoms with E-state index in [1.54, 1.807) is 0 Å². The first kappa shape index (κ1) is 18.9. The van der Waals surface area contributed by atoms with Crippen molar-refractivity contribution in [3.8, 4) is 0 Å². The summed E-state index contributed by atoms with van der Waals surface area (Å²) in [4.78, 5) is 14.1. The van der Waals surface area contributed by atoms with Gasteiger partial charge < -0.3 is 11.5 Å². The van der Waals surface area contributed by atoms with E-state index in [2.05, 4.69) is 33.0 Å². The Balaban J connectivity index is 0.00000208. The van der Waals surface area contributed by atoms with Crippen LogP contribution in [0.5, 0.6) is 0 Å². The molecule has 2 aromatic rings. The van der Waals surface area contributed by atoms with Crippen LogP contribution in [0.1, 0.15) is 23.1 Å². The highest BCUT2D eigenvalue weighted by Gasteiger charge is 2.37. The predicted molar refractivity (Wildman–Crippen MR) is 102 cm³/mol. The summed E-state index contributed by atoms with van der Waals surface area (Å²) in [6.07, 6.45) is 0. The summed E-state index contributed by atoms with van der Waals surface area (Å²) >= 11 is 3.42. The Kier molecular flexibility index (Phi) is 6.40. The number of rotatable bonds is 4. The van der Waals surface area contributed by atoms with Gasteiger partial charge in [-0.15, -0.1) is 12.4 Å². The van der Waals surface area contributed by atoms with Crippen LogP contribution in [0.2, 0.25) is 0 Å². The molecule has 1 unspecified atom stereocenters. The average Bonchev–Trinajstić information content (AvgIpc) is 2.91. The molecule has 0 spiro atoms. The van der Waals surface area contributed by atoms with E-state index in [0.717, 1.165) is 16.6 Å². The zero-order valence-electron chi connectivity index (χ0n) is 13.1. The molecule has 1 heterocycles. The summed E-state index contributed by atoms with van der Waals surface area (Å²) in [5, 5.41) is 0. The standard InChI is InChI=1S/C18H20BrN3O.ClH/c19-14-8-6-13(7-9-14)17(18(21)23)22-10-15(16(20)11-22)12-4-2-1-3-5-12;/h1-9,15-17H,10-11,20H2,(H2,21,23);1H/t15-,16+,17?;/m0./s1. The number of amides is 1. The first-order chi connectivity index (χ1) is 11.1.